The van der Waals surface area contributed by atoms with Crippen LogP contribution in [0.25, 0.3) is 0 Å². The summed E-state index contributed by atoms with van der Waals surface area (Å²) in [6, 6.07) is 0. The average molecular weight is 233 g/mol. The molecule has 0 aromatic carbocycles. The van der Waals surface area contributed by atoms with Crippen molar-refractivity contribution in [1.82, 2.24) is 10.3 Å². The first-order chi connectivity index (χ1) is 6.70. The maximum atomic E-state index is 5.77. The Morgan fingerprint density at radius 2 is 2.43 bits per heavy atom. The Morgan fingerprint density at radius 3 is 2.93 bits per heavy atom. The van der Waals surface area contributed by atoms with Gasteiger partial charge in [0.25, 0.3) is 0 Å². The van der Waals surface area contributed by atoms with Crippen LogP contribution in [0.1, 0.15) is 31.7 Å². The van der Waals surface area contributed by atoms with E-state index in [1.54, 1.807) is 11.3 Å². The van der Waals surface area contributed by atoms with Crippen molar-refractivity contribution in [2.75, 3.05) is 5.88 Å². The largest absolute Gasteiger partial charge is 0.305 e. The second-order valence-corrected chi connectivity index (χ2v) is 4.99. The first kappa shape index (κ1) is 12.0. The normalized spacial score (nSPS) is 15.4. The molecule has 1 N–H and O–H groups in total. The molecule has 80 valence electrons. The molecule has 0 saturated carbocycles. The minimum absolute atomic E-state index is 0.146. The van der Waals surface area contributed by atoms with Gasteiger partial charge in [-0.1, -0.05) is 6.92 Å². The lowest BCUT2D eigenvalue weighted by molar-refractivity contribution is 0.331. The smallest absolute Gasteiger partial charge is 0.106 e. The van der Waals surface area contributed by atoms with Crippen LogP contribution >= 0.6 is 22.9 Å². The Balaban J connectivity index is 2.41. The van der Waals surface area contributed by atoms with E-state index < -0.39 is 0 Å². The van der Waals surface area contributed by atoms with Crippen LogP contribution in [0.2, 0.25) is 0 Å². The summed E-state index contributed by atoms with van der Waals surface area (Å²) in [4.78, 5) is 4.24. The second kappa shape index (κ2) is 5.69. The summed E-state index contributed by atoms with van der Waals surface area (Å²) in [6.45, 7) is 5.24. The standard InChI is InChI=1S/C10H17ClN2S/c1-3-10(2,4-5-11)13-8-9-12-6-7-14-9/h6-7,13H,3-5,8H2,1-2H3. The van der Waals surface area contributed by atoms with E-state index >= 15 is 0 Å². The van der Waals surface area contributed by atoms with Crippen LogP contribution in [0, 0.1) is 0 Å². The van der Waals surface area contributed by atoms with Crippen molar-refractivity contribution in [2.45, 2.75) is 38.8 Å². The SMILES string of the molecule is CCC(C)(CCCl)NCc1nccs1. The van der Waals surface area contributed by atoms with Crippen molar-refractivity contribution < 1.29 is 0 Å². The Bertz CT molecular complexity index is 251. The zero-order chi connectivity index (χ0) is 10.4. The number of hydrogen-bond acceptors (Lipinski definition) is 3. The molecule has 1 aromatic heterocycles. The van der Waals surface area contributed by atoms with Crippen molar-refractivity contribution in [3.05, 3.63) is 16.6 Å². The van der Waals surface area contributed by atoms with E-state index in [-0.39, 0.29) is 5.54 Å². The number of aromatic nitrogens is 1. The number of nitrogens with zero attached hydrogens (tertiary/aromatic N) is 1. The van der Waals surface area contributed by atoms with E-state index in [0.29, 0.717) is 5.88 Å². The topological polar surface area (TPSA) is 24.9 Å². The monoisotopic (exact) mass is 232 g/mol. The molecule has 2 nitrogen and oxygen atoms in total. The van der Waals surface area contributed by atoms with Gasteiger partial charge < -0.3 is 5.32 Å². The summed E-state index contributed by atoms with van der Waals surface area (Å²) in [5.41, 5.74) is 0.146. The van der Waals surface area contributed by atoms with Crippen LogP contribution < -0.4 is 5.32 Å². The highest BCUT2D eigenvalue weighted by Gasteiger charge is 2.20. The van der Waals surface area contributed by atoms with Crippen LogP contribution in [0.5, 0.6) is 0 Å². The number of halogens is 1. The summed E-state index contributed by atoms with van der Waals surface area (Å²) in [5.74, 6) is 0.704. The van der Waals surface area contributed by atoms with Gasteiger partial charge in [0.15, 0.2) is 0 Å². The maximum Gasteiger partial charge on any atom is 0.106 e. The summed E-state index contributed by atoms with van der Waals surface area (Å²) >= 11 is 7.46. The third kappa shape index (κ3) is 3.56. The Hall–Kier alpha value is -0.120. The van der Waals surface area contributed by atoms with E-state index in [9.17, 15) is 0 Å². The van der Waals surface area contributed by atoms with Gasteiger partial charge in [0, 0.05) is 29.5 Å². The van der Waals surface area contributed by atoms with Crippen LogP contribution in [0.4, 0.5) is 0 Å². The molecule has 0 bridgehead atoms. The van der Waals surface area contributed by atoms with Crippen molar-refractivity contribution >= 4 is 22.9 Å². The Morgan fingerprint density at radius 1 is 1.64 bits per heavy atom. The molecule has 0 aliphatic rings. The van der Waals surface area contributed by atoms with Gasteiger partial charge >= 0.3 is 0 Å². The first-order valence-electron chi connectivity index (χ1n) is 4.89. The third-order valence-corrected chi connectivity index (χ3v) is 3.55. The Labute approximate surface area is 94.7 Å². The minimum atomic E-state index is 0.146. The summed E-state index contributed by atoms with van der Waals surface area (Å²) < 4.78 is 0. The molecule has 0 radical (unpaired) electrons. The van der Waals surface area contributed by atoms with Crippen LogP contribution in [0.3, 0.4) is 0 Å². The molecule has 0 aliphatic carbocycles. The average Bonchev–Trinajstić information content (AvgIpc) is 2.68. The molecule has 0 saturated heterocycles. The molecule has 1 rings (SSSR count). The molecule has 0 fully saturated rings. The maximum absolute atomic E-state index is 5.77. The number of thiazole rings is 1. The number of alkyl halides is 1. The van der Waals surface area contributed by atoms with E-state index in [4.69, 9.17) is 11.6 Å². The highest BCUT2D eigenvalue weighted by atomic mass is 35.5. The third-order valence-electron chi connectivity index (χ3n) is 2.58. The fraction of sp³-hybridized carbons (Fsp3) is 0.700. The number of nitrogens with one attached hydrogen (secondary N) is 1. The van der Waals surface area contributed by atoms with Gasteiger partial charge in [0.2, 0.25) is 0 Å². The quantitative estimate of drug-likeness (QED) is 0.763. The molecular weight excluding hydrogens is 216 g/mol. The van der Waals surface area contributed by atoms with E-state index in [2.05, 4.69) is 24.1 Å². The summed E-state index contributed by atoms with van der Waals surface area (Å²) in [5, 5.41) is 6.65. The molecular formula is C10H17ClN2S. The molecule has 0 amide bonds. The van der Waals surface area contributed by atoms with E-state index in [0.717, 1.165) is 24.4 Å². The second-order valence-electron chi connectivity index (χ2n) is 3.63. The predicted octanol–water partition coefficient (Wildman–Crippen LogP) is 3.03. The zero-order valence-corrected chi connectivity index (χ0v) is 10.3. The lowest BCUT2D eigenvalue weighted by Crippen LogP contribution is -2.41. The highest BCUT2D eigenvalue weighted by molar-refractivity contribution is 7.09. The molecule has 4 heteroatoms. The van der Waals surface area contributed by atoms with E-state index in [1.807, 2.05) is 11.6 Å². The van der Waals surface area contributed by atoms with Crippen molar-refractivity contribution in [3.63, 3.8) is 0 Å². The van der Waals surface area contributed by atoms with Gasteiger partial charge in [-0.3, -0.25) is 0 Å². The first-order valence-corrected chi connectivity index (χ1v) is 6.31. The van der Waals surface area contributed by atoms with Crippen LogP contribution in [-0.2, 0) is 6.54 Å². The fourth-order valence-corrected chi connectivity index (χ4v) is 2.20. The van der Waals surface area contributed by atoms with Crippen LogP contribution in [0.15, 0.2) is 11.6 Å². The zero-order valence-electron chi connectivity index (χ0n) is 8.72. The number of hydrogen-bond donors (Lipinski definition) is 1. The van der Waals surface area contributed by atoms with E-state index in [1.165, 1.54) is 0 Å². The lowest BCUT2D eigenvalue weighted by Gasteiger charge is -2.28. The van der Waals surface area contributed by atoms with Gasteiger partial charge in [-0.15, -0.1) is 22.9 Å². The van der Waals surface area contributed by atoms with Gasteiger partial charge in [-0.25, -0.2) is 4.98 Å². The van der Waals surface area contributed by atoms with Gasteiger partial charge in [0.1, 0.15) is 5.01 Å². The van der Waals surface area contributed by atoms with Crippen LogP contribution in [-0.4, -0.2) is 16.4 Å². The molecule has 0 aliphatic heterocycles. The molecule has 1 aromatic rings. The molecule has 1 heterocycles. The summed E-state index contributed by atoms with van der Waals surface area (Å²) in [6.07, 6.45) is 3.92. The molecule has 14 heavy (non-hydrogen) atoms. The predicted molar refractivity (Wildman–Crippen MR) is 63.0 cm³/mol. The molecule has 1 atom stereocenters. The van der Waals surface area contributed by atoms with Gasteiger partial charge in [0.05, 0.1) is 0 Å². The van der Waals surface area contributed by atoms with Crippen molar-refractivity contribution in [3.8, 4) is 0 Å². The molecule has 1 unspecified atom stereocenters. The minimum Gasteiger partial charge on any atom is -0.305 e. The summed E-state index contributed by atoms with van der Waals surface area (Å²) in [7, 11) is 0. The van der Waals surface area contributed by atoms with Gasteiger partial charge in [-0.05, 0) is 19.8 Å². The van der Waals surface area contributed by atoms with Gasteiger partial charge in [-0.2, -0.15) is 0 Å². The molecule has 0 spiro atoms. The fourth-order valence-electron chi connectivity index (χ4n) is 1.23. The highest BCUT2D eigenvalue weighted by Crippen LogP contribution is 2.16. The van der Waals surface area contributed by atoms with Crippen molar-refractivity contribution in [1.29, 1.82) is 0 Å². The number of rotatable bonds is 6. The lowest BCUT2D eigenvalue weighted by atomic mass is 9.95. The van der Waals surface area contributed by atoms with Crippen molar-refractivity contribution in [2.24, 2.45) is 0 Å². The Kier molecular flexibility index (Phi) is 4.85.